The van der Waals surface area contributed by atoms with Gasteiger partial charge in [0.2, 0.25) is 0 Å². The van der Waals surface area contributed by atoms with Gasteiger partial charge in [-0.15, -0.1) is 0 Å². The molecule has 0 aliphatic carbocycles. The van der Waals surface area contributed by atoms with Gasteiger partial charge in [0.25, 0.3) is 0 Å². The standard InChI is InChI=1S/C12H11ClN2O3/c13-9-3-1-2-8(6-9)7-10(14)11-4-5-12(18-11)15(16)17/h1-6,10H,7,14H2. The molecule has 1 heterocycles. The van der Waals surface area contributed by atoms with Crippen molar-refractivity contribution in [1.82, 2.24) is 0 Å². The molecule has 0 spiro atoms. The molecule has 0 radical (unpaired) electrons. The van der Waals surface area contributed by atoms with Crippen molar-refractivity contribution in [3.05, 3.63) is 62.9 Å². The molecule has 0 saturated carbocycles. The summed E-state index contributed by atoms with van der Waals surface area (Å²) in [6, 6.07) is 9.68. The number of rotatable bonds is 4. The van der Waals surface area contributed by atoms with E-state index in [1.54, 1.807) is 12.1 Å². The molecule has 0 amide bonds. The van der Waals surface area contributed by atoms with Crippen LogP contribution in [0.2, 0.25) is 5.02 Å². The summed E-state index contributed by atoms with van der Waals surface area (Å²) in [5.74, 6) is 0.0909. The minimum atomic E-state index is -0.588. The smallest absolute Gasteiger partial charge is 0.404 e. The Bertz CT molecular complexity index is 568. The molecule has 6 heteroatoms. The van der Waals surface area contributed by atoms with Gasteiger partial charge >= 0.3 is 5.88 Å². The molecule has 2 N–H and O–H groups in total. The third-order valence-electron chi connectivity index (χ3n) is 2.50. The molecular formula is C12H11ClN2O3. The minimum Gasteiger partial charge on any atom is -0.404 e. The predicted octanol–water partition coefficient (Wildman–Crippen LogP) is 3.08. The first-order valence-electron chi connectivity index (χ1n) is 5.30. The van der Waals surface area contributed by atoms with E-state index in [0.29, 0.717) is 17.2 Å². The molecule has 1 unspecified atom stereocenters. The van der Waals surface area contributed by atoms with Crippen LogP contribution in [0.1, 0.15) is 17.4 Å². The SMILES string of the molecule is NC(Cc1cccc(Cl)c1)c1ccc([N+](=O)[O-])o1. The maximum Gasteiger partial charge on any atom is 0.433 e. The van der Waals surface area contributed by atoms with Crippen molar-refractivity contribution < 1.29 is 9.34 Å². The second-order valence-electron chi connectivity index (χ2n) is 3.87. The van der Waals surface area contributed by atoms with Crippen LogP contribution in [0.4, 0.5) is 5.88 Å². The normalized spacial score (nSPS) is 12.3. The molecule has 5 nitrogen and oxygen atoms in total. The Hall–Kier alpha value is -1.85. The Morgan fingerprint density at radius 1 is 1.39 bits per heavy atom. The van der Waals surface area contributed by atoms with Gasteiger partial charge < -0.3 is 10.2 Å². The third kappa shape index (κ3) is 2.88. The summed E-state index contributed by atoms with van der Waals surface area (Å²) in [6.45, 7) is 0. The monoisotopic (exact) mass is 266 g/mol. The zero-order chi connectivity index (χ0) is 13.1. The molecule has 0 saturated heterocycles. The number of nitro groups is 1. The summed E-state index contributed by atoms with van der Waals surface area (Å²) >= 11 is 5.87. The number of benzene rings is 1. The van der Waals surface area contributed by atoms with E-state index in [-0.39, 0.29) is 5.88 Å². The number of nitrogens with zero attached hydrogens (tertiary/aromatic N) is 1. The number of nitrogens with two attached hydrogens (primary N) is 1. The molecule has 2 rings (SSSR count). The Kier molecular flexibility index (Phi) is 3.64. The van der Waals surface area contributed by atoms with E-state index in [4.69, 9.17) is 21.8 Å². The van der Waals surface area contributed by atoms with Crippen LogP contribution >= 0.6 is 11.6 Å². The minimum absolute atomic E-state index is 0.299. The zero-order valence-corrected chi connectivity index (χ0v) is 10.1. The summed E-state index contributed by atoms with van der Waals surface area (Å²) in [5.41, 5.74) is 6.88. The van der Waals surface area contributed by atoms with Gasteiger partial charge in [0, 0.05) is 5.02 Å². The Balaban J connectivity index is 2.11. The lowest BCUT2D eigenvalue weighted by atomic mass is 10.1. The van der Waals surface area contributed by atoms with Crippen molar-refractivity contribution in [1.29, 1.82) is 0 Å². The largest absolute Gasteiger partial charge is 0.433 e. The highest BCUT2D eigenvalue weighted by molar-refractivity contribution is 6.30. The van der Waals surface area contributed by atoms with Crippen LogP contribution in [0, 0.1) is 10.1 Å². The van der Waals surface area contributed by atoms with E-state index in [9.17, 15) is 10.1 Å². The zero-order valence-electron chi connectivity index (χ0n) is 9.38. The van der Waals surface area contributed by atoms with Crippen LogP contribution in [0.15, 0.2) is 40.8 Å². The number of hydrogen-bond acceptors (Lipinski definition) is 4. The van der Waals surface area contributed by atoms with Crippen molar-refractivity contribution >= 4 is 17.5 Å². The summed E-state index contributed by atoms with van der Waals surface area (Å²) in [5, 5.41) is 11.1. The van der Waals surface area contributed by atoms with Gasteiger partial charge in [-0.05, 0) is 30.2 Å². The Labute approximate surface area is 108 Å². The van der Waals surface area contributed by atoms with Gasteiger partial charge in [-0.3, -0.25) is 10.1 Å². The lowest BCUT2D eigenvalue weighted by Crippen LogP contribution is -2.12. The fraction of sp³-hybridized carbons (Fsp3) is 0.167. The molecule has 0 fully saturated rings. The molecule has 18 heavy (non-hydrogen) atoms. The number of halogens is 1. The molecule has 1 aromatic carbocycles. The van der Waals surface area contributed by atoms with Gasteiger partial charge in [0.05, 0.1) is 12.1 Å². The Morgan fingerprint density at radius 3 is 2.78 bits per heavy atom. The average molecular weight is 267 g/mol. The summed E-state index contributed by atoms with van der Waals surface area (Å²) in [4.78, 5) is 9.91. The van der Waals surface area contributed by atoms with Crippen molar-refractivity contribution in [2.24, 2.45) is 5.73 Å². The number of hydrogen-bond donors (Lipinski definition) is 1. The first-order valence-corrected chi connectivity index (χ1v) is 5.68. The van der Waals surface area contributed by atoms with E-state index in [1.807, 2.05) is 12.1 Å². The van der Waals surface area contributed by atoms with Crippen LogP contribution in [-0.2, 0) is 6.42 Å². The molecule has 0 bridgehead atoms. The summed E-state index contributed by atoms with van der Waals surface area (Å²) in [6.07, 6.45) is 0.505. The predicted molar refractivity (Wildman–Crippen MR) is 67.4 cm³/mol. The Morgan fingerprint density at radius 2 is 2.17 bits per heavy atom. The fourth-order valence-electron chi connectivity index (χ4n) is 1.66. The van der Waals surface area contributed by atoms with Gasteiger partial charge in [0.15, 0.2) is 0 Å². The first kappa shape index (κ1) is 12.6. The molecule has 1 aromatic heterocycles. The maximum atomic E-state index is 10.5. The van der Waals surface area contributed by atoms with Crippen LogP contribution in [0.5, 0.6) is 0 Å². The van der Waals surface area contributed by atoms with E-state index in [1.165, 1.54) is 12.1 Å². The highest BCUT2D eigenvalue weighted by atomic mass is 35.5. The van der Waals surface area contributed by atoms with Crippen molar-refractivity contribution in [2.75, 3.05) is 0 Å². The van der Waals surface area contributed by atoms with Gasteiger partial charge in [-0.25, -0.2) is 0 Å². The van der Waals surface area contributed by atoms with E-state index >= 15 is 0 Å². The van der Waals surface area contributed by atoms with Gasteiger partial charge in [-0.2, -0.15) is 0 Å². The lowest BCUT2D eigenvalue weighted by Gasteiger charge is -2.08. The van der Waals surface area contributed by atoms with E-state index in [0.717, 1.165) is 5.56 Å². The molecule has 0 aliphatic heterocycles. The maximum absolute atomic E-state index is 10.5. The summed E-state index contributed by atoms with van der Waals surface area (Å²) in [7, 11) is 0. The van der Waals surface area contributed by atoms with Gasteiger partial charge in [0.1, 0.15) is 10.7 Å². The first-order chi connectivity index (χ1) is 8.56. The molecular weight excluding hydrogens is 256 g/mol. The van der Waals surface area contributed by atoms with E-state index < -0.39 is 11.0 Å². The molecule has 94 valence electrons. The quantitative estimate of drug-likeness (QED) is 0.681. The lowest BCUT2D eigenvalue weighted by molar-refractivity contribution is -0.402. The van der Waals surface area contributed by atoms with Crippen molar-refractivity contribution in [3.8, 4) is 0 Å². The third-order valence-corrected chi connectivity index (χ3v) is 2.74. The van der Waals surface area contributed by atoms with Gasteiger partial charge in [-0.1, -0.05) is 23.7 Å². The van der Waals surface area contributed by atoms with Crippen LogP contribution in [0.25, 0.3) is 0 Å². The van der Waals surface area contributed by atoms with Crippen molar-refractivity contribution in [2.45, 2.75) is 12.5 Å². The average Bonchev–Trinajstić information content (AvgIpc) is 2.78. The molecule has 0 aliphatic rings. The molecule has 1 atom stereocenters. The van der Waals surface area contributed by atoms with E-state index in [2.05, 4.69) is 0 Å². The second kappa shape index (κ2) is 5.20. The fourth-order valence-corrected chi connectivity index (χ4v) is 1.87. The molecule has 2 aromatic rings. The number of furan rings is 1. The van der Waals surface area contributed by atoms with Crippen LogP contribution in [-0.4, -0.2) is 4.92 Å². The van der Waals surface area contributed by atoms with Crippen LogP contribution < -0.4 is 5.73 Å². The second-order valence-corrected chi connectivity index (χ2v) is 4.31. The highest BCUT2D eigenvalue weighted by Crippen LogP contribution is 2.23. The topological polar surface area (TPSA) is 82.3 Å². The van der Waals surface area contributed by atoms with Crippen LogP contribution in [0.3, 0.4) is 0 Å². The highest BCUT2D eigenvalue weighted by Gasteiger charge is 2.17. The summed E-state index contributed by atoms with van der Waals surface area (Å²) < 4.78 is 5.05. The van der Waals surface area contributed by atoms with Crippen molar-refractivity contribution in [3.63, 3.8) is 0 Å².